The van der Waals surface area contributed by atoms with Gasteiger partial charge in [0, 0.05) is 43.7 Å². The molecule has 5 nitrogen and oxygen atoms in total. The smallest absolute Gasteiger partial charge is 0.238 e. The Hall–Kier alpha value is -6.85. The summed E-state index contributed by atoms with van der Waals surface area (Å²) in [6.45, 7) is 4.62. The van der Waals surface area contributed by atoms with Crippen LogP contribution < -0.4 is 0 Å². The molecular formula is C48H32N4O. The van der Waals surface area contributed by atoms with Gasteiger partial charge in [-0.2, -0.15) is 9.97 Å². The van der Waals surface area contributed by atoms with Crippen molar-refractivity contribution in [2.24, 2.45) is 0 Å². The third kappa shape index (κ3) is 4.40. The lowest BCUT2D eigenvalue weighted by Crippen LogP contribution is -2.14. The van der Waals surface area contributed by atoms with Gasteiger partial charge in [0.1, 0.15) is 11.2 Å². The average molecular weight is 681 g/mol. The Bertz CT molecular complexity index is 3020. The van der Waals surface area contributed by atoms with Crippen molar-refractivity contribution in [2.45, 2.75) is 19.3 Å². The molecule has 7 aromatic carbocycles. The summed E-state index contributed by atoms with van der Waals surface area (Å²) in [5.41, 5.74) is 13.1. The lowest BCUT2D eigenvalue weighted by Gasteiger charge is -2.21. The van der Waals surface area contributed by atoms with Gasteiger partial charge in [-0.1, -0.05) is 141 Å². The molecule has 0 N–H and O–H groups in total. The van der Waals surface area contributed by atoms with Crippen molar-refractivity contribution in [3.63, 3.8) is 0 Å². The first-order valence-corrected chi connectivity index (χ1v) is 18.0. The van der Waals surface area contributed by atoms with Gasteiger partial charge in [0.2, 0.25) is 5.95 Å². The zero-order chi connectivity index (χ0) is 35.3. The van der Waals surface area contributed by atoms with Crippen LogP contribution in [0.1, 0.15) is 25.0 Å². The van der Waals surface area contributed by atoms with Crippen LogP contribution in [0.4, 0.5) is 0 Å². The van der Waals surface area contributed by atoms with Crippen LogP contribution in [0.2, 0.25) is 0 Å². The molecule has 0 bridgehead atoms. The molecule has 0 saturated heterocycles. The molecule has 53 heavy (non-hydrogen) atoms. The minimum absolute atomic E-state index is 0.0938. The van der Waals surface area contributed by atoms with Crippen LogP contribution in [0.15, 0.2) is 162 Å². The van der Waals surface area contributed by atoms with Crippen molar-refractivity contribution in [1.82, 2.24) is 19.5 Å². The van der Waals surface area contributed by atoms with Gasteiger partial charge in [-0.3, -0.25) is 4.57 Å². The highest BCUT2D eigenvalue weighted by molar-refractivity contribution is 6.14. The van der Waals surface area contributed by atoms with E-state index in [0.29, 0.717) is 17.6 Å². The van der Waals surface area contributed by atoms with Crippen molar-refractivity contribution in [1.29, 1.82) is 0 Å². The number of furan rings is 1. The van der Waals surface area contributed by atoms with Crippen LogP contribution in [-0.4, -0.2) is 19.5 Å². The summed E-state index contributed by atoms with van der Waals surface area (Å²) in [4.78, 5) is 15.1. The van der Waals surface area contributed by atoms with Crippen LogP contribution in [0, 0.1) is 0 Å². The molecule has 0 amide bonds. The van der Waals surface area contributed by atoms with Crippen LogP contribution >= 0.6 is 0 Å². The van der Waals surface area contributed by atoms with Crippen LogP contribution in [0.3, 0.4) is 0 Å². The van der Waals surface area contributed by atoms with E-state index >= 15 is 0 Å². The number of hydrogen-bond donors (Lipinski definition) is 0. The summed E-state index contributed by atoms with van der Waals surface area (Å²) in [6.07, 6.45) is 0. The van der Waals surface area contributed by atoms with Gasteiger partial charge in [0.15, 0.2) is 11.6 Å². The monoisotopic (exact) mass is 680 g/mol. The molecule has 3 heterocycles. The summed E-state index contributed by atoms with van der Waals surface area (Å²) in [5.74, 6) is 1.84. The van der Waals surface area contributed by atoms with Crippen molar-refractivity contribution >= 4 is 43.7 Å². The van der Waals surface area contributed by atoms with Crippen LogP contribution in [-0.2, 0) is 5.41 Å². The summed E-state index contributed by atoms with van der Waals surface area (Å²) in [7, 11) is 0. The number of aromatic nitrogens is 4. The fourth-order valence-electron chi connectivity index (χ4n) is 8.47. The Kier molecular flexibility index (Phi) is 6.23. The number of benzene rings is 7. The summed E-state index contributed by atoms with van der Waals surface area (Å²) in [6, 6.07) is 55.3. The third-order valence-corrected chi connectivity index (χ3v) is 11.1. The second-order valence-electron chi connectivity index (χ2n) is 14.4. The SMILES string of the molecule is CC1(C)c2ccccc2-c2cc3c(cc21)oc1c(-c2ccc4c(c2)c2ccccc2n4-c2nc(-c4ccccc4)nc(-c4ccccc4)n2)cccc13. The molecule has 0 fully saturated rings. The predicted octanol–water partition coefficient (Wildman–Crippen LogP) is 12.2. The standard InChI is InChI=1S/C48H32N4O/c1-48(2)39-22-11-9-18-33(39)36-27-38-35-21-13-20-32(44(35)53-43(38)28-40(36)48)31-24-25-42-37(26-31)34-19-10-12-23-41(34)52(42)47-50-45(29-14-5-3-6-15-29)49-46(51-47)30-16-7-4-8-17-30/h3-28H,1-2H3. The zero-order valence-electron chi connectivity index (χ0n) is 29.2. The highest BCUT2D eigenvalue weighted by Crippen LogP contribution is 2.51. The number of rotatable bonds is 4. The lowest BCUT2D eigenvalue weighted by molar-refractivity contribution is 0.648. The Balaban J connectivity index is 1.11. The molecule has 0 radical (unpaired) electrons. The molecule has 10 aromatic rings. The van der Waals surface area contributed by atoms with Crippen molar-refractivity contribution in [3.05, 3.63) is 169 Å². The third-order valence-electron chi connectivity index (χ3n) is 11.1. The first-order valence-electron chi connectivity index (χ1n) is 18.0. The lowest BCUT2D eigenvalue weighted by atomic mass is 9.82. The van der Waals surface area contributed by atoms with Gasteiger partial charge in [-0.15, -0.1) is 0 Å². The molecule has 0 unspecified atom stereocenters. The van der Waals surface area contributed by atoms with Crippen molar-refractivity contribution in [2.75, 3.05) is 0 Å². The average Bonchev–Trinajstić information content (AvgIpc) is 3.82. The van der Waals surface area contributed by atoms with E-state index in [-0.39, 0.29) is 5.41 Å². The molecule has 0 saturated carbocycles. The summed E-state index contributed by atoms with van der Waals surface area (Å²) < 4.78 is 8.97. The van der Waals surface area contributed by atoms with Gasteiger partial charge in [0.05, 0.1) is 11.0 Å². The highest BCUT2D eigenvalue weighted by atomic mass is 16.3. The Morgan fingerprint density at radius 3 is 1.87 bits per heavy atom. The summed E-state index contributed by atoms with van der Waals surface area (Å²) in [5, 5.41) is 4.51. The second-order valence-corrected chi connectivity index (χ2v) is 14.4. The van der Waals surface area contributed by atoms with E-state index in [1.165, 1.54) is 22.3 Å². The first kappa shape index (κ1) is 29.8. The topological polar surface area (TPSA) is 56.7 Å². The van der Waals surface area contributed by atoms with E-state index in [0.717, 1.165) is 66.0 Å². The molecule has 0 spiro atoms. The molecule has 1 aliphatic rings. The highest BCUT2D eigenvalue weighted by Gasteiger charge is 2.36. The van der Waals surface area contributed by atoms with Gasteiger partial charge in [-0.25, -0.2) is 4.98 Å². The molecule has 0 aliphatic heterocycles. The Labute approximate surface area is 305 Å². The fraction of sp³-hybridized carbons (Fsp3) is 0.0625. The second kappa shape index (κ2) is 11.1. The van der Waals surface area contributed by atoms with E-state index in [4.69, 9.17) is 19.4 Å². The maximum atomic E-state index is 6.81. The number of nitrogens with zero attached hydrogens (tertiary/aromatic N) is 4. The minimum Gasteiger partial charge on any atom is -0.455 e. The Morgan fingerprint density at radius 1 is 0.453 bits per heavy atom. The minimum atomic E-state index is -0.0938. The number of fused-ring (bicyclic) bond motifs is 9. The van der Waals surface area contributed by atoms with Gasteiger partial charge < -0.3 is 4.42 Å². The van der Waals surface area contributed by atoms with Gasteiger partial charge in [0.25, 0.3) is 0 Å². The van der Waals surface area contributed by atoms with Crippen LogP contribution in [0.25, 0.3) is 94.7 Å². The molecule has 250 valence electrons. The molecule has 5 heteroatoms. The maximum Gasteiger partial charge on any atom is 0.238 e. The van der Waals surface area contributed by atoms with E-state index in [2.05, 4.69) is 115 Å². The molecule has 3 aromatic heterocycles. The van der Waals surface area contributed by atoms with E-state index in [1.54, 1.807) is 0 Å². The van der Waals surface area contributed by atoms with E-state index < -0.39 is 0 Å². The Morgan fingerprint density at radius 2 is 1.09 bits per heavy atom. The molecular weight excluding hydrogens is 649 g/mol. The predicted molar refractivity (Wildman–Crippen MR) is 215 cm³/mol. The first-order chi connectivity index (χ1) is 26.0. The van der Waals surface area contributed by atoms with Crippen molar-refractivity contribution in [3.8, 4) is 51.0 Å². The number of para-hydroxylation sites is 2. The van der Waals surface area contributed by atoms with Crippen molar-refractivity contribution < 1.29 is 4.42 Å². The fourth-order valence-corrected chi connectivity index (χ4v) is 8.47. The van der Waals surface area contributed by atoms with E-state index in [9.17, 15) is 0 Å². The molecule has 1 aliphatic carbocycles. The quantitative estimate of drug-likeness (QED) is 0.186. The molecule has 11 rings (SSSR count). The summed E-state index contributed by atoms with van der Waals surface area (Å²) >= 11 is 0. The van der Waals surface area contributed by atoms with Gasteiger partial charge in [-0.05, 0) is 58.1 Å². The zero-order valence-corrected chi connectivity index (χ0v) is 29.2. The molecule has 0 atom stereocenters. The maximum absolute atomic E-state index is 6.81. The largest absolute Gasteiger partial charge is 0.455 e. The van der Waals surface area contributed by atoms with Gasteiger partial charge >= 0.3 is 0 Å². The normalized spacial score (nSPS) is 13.2. The van der Waals surface area contributed by atoms with E-state index in [1.807, 2.05) is 60.7 Å². The number of hydrogen-bond acceptors (Lipinski definition) is 4. The van der Waals surface area contributed by atoms with Crippen LogP contribution in [0.5, 0.6) is 0 Å².